The first-order valence-electron chi connectivity index (χ1n) is 8.28. The van der Waals surface area contributed by atoms with Crippen LogP contribution in [-0.4, -0.2) is 64.5 Å². The average molecular weight is 328 g/mol. The van der Waals surface area contributed by atoms with Crippen molar-refractivity contribution in [2.75, 3.05) is 26.2 Å². The predicted octanol–water partition coefficient (Wildman–Crippen LogP) is 1.30. The van der Waals surface area contributed by atoms with E-state index in [4.69, 9.17) is 5.11 Å². The molecule has 2 heterocycles. The van der Waals surface area contributed by atoms with E-state index < -0.39 is 18.2 Å². The van der Waals surface area contributed by atoms with Gasteiger partial charge in [-0.2, -0.15) is 0 Å². The second-order valence-electron chi connectivity index (χ2n) is 6.71. The summed E-state index contributed by atoms with van der Waals surface area (Å²) < 4.78 is 14.1. The molecule has 0 aromatic rings. The zero-order valence-electron chi connectivity index (χ0n) is 13.8. The van der Waals surface area contributed by atoms with Gasteiger partial charge in [0.2, 0.25) is 17.5 Å². The molecule has 23 heavy (non-hydrogen) atoms. The van der Waals surface area contributed by atoms with E-state index in [1.54, 1.807) is 4.90 Å². The SMILES string of the molecule is CCC(C)C(=O)N1CCCC(C(=O)N2CCC(F)(C(=O)O)C2)C1. The van der Waals surface area contributed by atoms with E-state index in [2.05, 4.69) is 0 Å². The van der Waals surface area contributed by atoms with E-state index in [9.17, 15) is 18.8 Å². The van der Waals surface area contributed by atoms with Crippen LogP contribution in [0.25, 0.3) is 0 Å². The van der Waals surface area contributed by atoms with E-state index in [1.165, 1.54) is 4.90 Å². The molecule has 2 amide bonds. The number of piperidine rings is 1. The summed E-state index contributed by atoms with van der Waals surface area (Å²) in [6.45, 7) is 4.55. The third-order valence-corrected chi connectivity index (χ3v) is 5.03. The zero-order chi connectivity index (χ0) is 17.2. The molecule has 6 nitrogen and oxygen atoms in total. The van der Waals surface area contributed by atoms with Crippen molar-refractivity contribution in [3.63, 3.8) is 0 Å². The summed E-state index contributed by atoms with van der Waals surface area (Å²) in [5, 5.41) is 8.92. The molecule has 0 bridgehead atoms. The summed E-state index contributed by atoms with van der Waals surface area (Å²) in [6.07, 6.45) is 1.98. The van der Waals surface area contributed by atoms with Crippen LogP contribution in [0.4, 0.5) is 4.39 Å². The quantitative estimate of drug-likeness (QED) is 0.844. The molecular weight excluding hydrogens is 303 g/mol. The Morgan fingerprint density at radius 1 is 1.30 bits per heavy atom. The molecular formula is C16H25FN2O4. The van der Waals surface area contributed by atoms with Crippen LogP contribution in [0.3, 0.4) is 0 Å². The number of alkyl halides is 1. The number of rotatable bonds is 4. The molecule has 1 N–H and O–H groups in total. The number of carbonyl (C=O) groups is 3. The van der Waals surface area contributed by atoms with Gasteiger partial charge in [-0.15, -0.1) is 0 Å². The summed E-state index contributed by atoms with van der Waals surface area (Å²) >= 11 is 0. The molecule has 2 fully saturated rings. The molecule has 7 heteroatoms. The Balaban J connectivity index is 1.98. The lowest BCUT2D eigenvalue weighted by atomic mass is 9.95. The maximum Gasteiger partial charge on any atom is 0.343 e. The van der Waals surface area contributed by atoms with Crippen LogP contribution in [0.1, 0.15) is 39.5 Å². The van der Waals surface area contributed by atoms with Gasteiger partial charge in [0.25, 0.3) is 0 Å². The molecule has 2 aliphatic rings. The van der Waals surface area contributed by atoms with Crippen molar-refractivity contribution in [2.24, 2.45) is 11.8 Å². The number of hydrogen-bond acceptors (Lipinski definition) is 3. The molecule has 2 rings (SSSR count). The standard InChI is InChI=1S/C16H25FN2O4/c1-3-11(2)13(20)18-7-4-5-12(9-18)14(21)19-8-6-16(17,10-19)15(22)23/h11-12H,3-10H2,1-2H3,(H,22,23). The van der Waals surface area contributed by atoms with Gasteiger partial charge in [-0.3, -0.25) is 9.59 Å². The average Bonchev–Trinajstić information content (AvgIpc) is 2.96. The molecule has 0 saturated carbocycles. The van der Waals surface area contributed by atoms with Crippen LogP contribution >= 0.6 is 0 Å². The highest BCUT2D eigenvalue weighted by atomic mass is 19.1. The van der Waals surface area contributed by atoms with Crippen molar-refractivity contribution in [1.82, 2.24) is 9.80 Å². The Labute approximate surface area is 135 Å². The lowest BCUT2D eigenvalue weighted by molar-refractivity contribution is -0.150. The number of amides is 2. The van der Waals surface area contributed by atoms with Gasteiger partial charge >= 0.3 is 5.97 Å². The van der Waals surface area contributed by atoms with Crippen LogP contribution in [0.15, 0.2) is 0 Å². The largest absolute Gasteiger partial charge is 0.479 e. The number of carboxylic acid groups (broad SMARTS) is 1. The number of carbonyl (C=O) groups excluding carboxylic acids is 2. The molecule has 0 radical (unpaired) electrons. The van der Waals surface area contributed by atoms with Crippen LogP contribution in [0.5, 0.6) is 0 Å². The van der Waals surface area contributed by atoms with Crippen molar-refractivity contribution < 1.29 is 23.9 Å². The van der Waals surface area contributed by atoms with Crippen LogP contribution in [0.2, 0.25) is 0 Å². The first kappa shape index (κ1) is 17.7. The van der Waals surface area contributed by atoms with Crippen molar-refractivity contribution in [2.45, 2.75) is 45.2 Å². The third kappa shape index (κ3) is 3.64. The van der Waals surface area contributed by atoms with E-state index in [1.807, 2.05) is 13.8 Å². The molecule has 0 spiro atoms. The van der Waals surface area contributed by atoms with E-state index in [0.717, 1.165) is 12.8 Å². The third-order valence-electron chi connectivity index (χ3n) is 5.03. The van der Waals surface area contributed by atoms with Gasteiger partial charge in [0.15, 0.2) is 0 Å². The molecule has 3 unspecified atom stereocenters. The fraction of sp³-hybridized carbons (Fsp3) is 0.812. The van der Waals surface area contributed by atoms with Gasteiger partial charge in [-0.1, -0.05) is 13.8 Å². The highest BCUT2D eigenvalue weighted by Gasteiger charge is 2.48. The number of nitrogens with zero attached hydrogens (tertiary/aromatic N) is 2. The van der Waals surface area contributed by atoms with Gasteiger partial charge in [0.05, 0.1) is 12.5 Å². The minimum Gasteiger partial charge on any atom is -0.479 e. The Kier molecular flexibility index (Phi) is 5.26. The van der Waals surface area contributed by atoms with E-state index >= 15 is 0 Å². The fourth-order valence-electron chi connectivity index (χ4n) is 3.26. The van der Waals surface area contributed by atoms with Crippen molar-refractivity contribution in [1.29, 1.82) is 0 Å². The first-order valence-corrected chi connectivity index (χ1v) is 8.28. The lowest BCUT2D eigenvalue weighted by Gasteiger charge is -2.35. The Morgan fingerprint density at radius 3 is 2.57 bits per heavy atom. The first-order chi connectivity index (χ1) is 10.8. The Morgan fingerprint density at radius 2 is 2.00 bits per heavy atom. The summed E-state index contributed by atoms with van der Waals surface area (Å²) in [5.74, 6) is -2.11. The number of likely N-dealkylation sites (tertiary alicyclic amines) is 2. The normalized spacial score (nSPS) is 29.4. The zero-order valence-corrected chi connectivity index (χ0v) is 13.8. The molecule has 0 aliphatic carbocycles. The number of aliphatic carboxylic acids is 1. The molecule has 3 atom stereocenters. The van der Waals surface area contributed by atoms with Gasteiger partial charge < -0.3 is 14.9 Å². The Hall–Kier alpha value is -1.66. The molecule has 130 valence electrons. The van der Waals surface area contributed by atoms with Crippen LogP contribution in [-0.2, 0) is 14.4 Å². The fourth-order valence-corrected chi connectivity index (χ4v) is 3.26. The van der Waals surface area contributed by atoms with Crippen molar-refractivity contribution >= 4 is 17.8 Å². The Bertz CT molecular complexity index is 498. The van der Waals surface area contributed by atoms with Gasteiger partial charge in [0, 0.05) is 32.0 Å². The highest BCUT2D eigenvalue weighted by molar-refractivity contribution is 5.84. The predicted molar refractivity (Wildman–Crippen MR) is 81.4 cm³/mol. The second kappa shape index (κ2) is 6.84. The monoisotopic (exact) mass is 328 g/mol. The minimum absolute atomic E-state index is 0.0526. The maximum atomic E-state index is 14.1. The van der Waals surface area contributed by atoms with E-state index in [-0.39, 0.29) is 36.6 Å². The number of halogens is 1. The summed E-state index contributed by atoms with van der Waals surface area (Å²) in [4.78, 5) is 38.8. The molecule has 0 aromatic heterocycles. The maximum absolute atomic E-state index is 14.1. The summed E-state index contributed by atoms with van der Waals surface area (Å²) in [5.41, 5.74) is -2.34. The smallest absolute Gasteiger partial charge is 0.343 e. The molecule has 2 saturated heterocycles. The van der Waals surface area contributed by atoms with Gasteiger partial charge in [0.1, 0.15) is 0 Å². The number of hydrogen-bond donors (Lipinski definition) is 1. The molecule has 2 aliphatic heterocycles. The number of carboxylic acids is 1. The summed E-state index contributed by atoms with van der Waals surface area (Å²) in [6, 6.07) is 0. The highest BCUT2D eigenvalue weighted by Crippen LogP contribution is 2.29. The van der Waals surface area contributed by atoms with Crippen molar-refractivity contribution in [3.05, 3.63) is 0 Å². The minimum atomic E-state index is -2.34. The van der Waals surface area contributed by atoms with Crippen LogP contribution < -0.4 is 0 Å². The van der Waals surface area contributed by atoms with Gasteiger partial charge in [-0.05, 0) is 19.3 Å². The van der Waals surface area contributed by atoms with E-state index in [0.29, 0.717) is 19.5 Å². The summed E-state index contributed by atoms with van der Waals surface area (Å²) in [7, 11) is 0. The van der Waals surface area contributed by atoms with Gasteiger partial charge in [-0.25, -0.2) is 9.18 Å². The van der Waals surface area contributed by atoms with Crippen LogP contribution in [0, 0.1) is 11.8 Å². The molecule has 0 aromatic carbocycles. The second-order valence-corrected chi connectivity index (χ2v) is 6.71. The topological polar surface area (TPSA) is 77.9 Å². The van der Waals surface area contributed by atoms with Crippen molar-refractivity contribution in [3.8, 4) is 0 Å². The lowest BCUT2D eigenvalue weighted by Crippen LogP contribution is -2.48.